The van der Waals surface area contributed by atoms with Crippen molar-refractivity contribution in [2.24, 2.45) is 40.4 Å². The SMILES string of the molecule is C=C(CCC1(C)OC2C3OC4(CCC5CC(O)CCC5(C)C4CC)C4C(O)CC1C234)C(C)C. The molecule has 2 N–H and O–H groups in total. The van der Waals surface area contributed by atoms with Crippen molar-refractivity contribution in [3.8, 4) is 0 Å². The summed E-state index contributed by atoms with van der Waals surface area (Å²) in [7, 11) is 0. The van der Waals surface area contributed by atoms with Gasteiger partial charge in [0.15, 0.2) is 0 Å². The molecule has 2 spiro atoms. The second-order valence-electron chi connectivity index (χ2n) is 13.6. The summed E-state index contributed by atoms with van der Waals surface area (Å²) in [4.78, 5) is 0. The molecule has 4 aliphatic carbocycles. The van der Waals surface area contributed by atoms with Gasteiger partial charge in [-0.25, -0.2) is 0 Å². The van der Waals surface area contributed by atoms with Crippen LogP contribution in [0.4, 0.5) is 0 Å². The van der Waals surface area contributed by atoms with Gasteiger partial charge in [-0.2, -0.15) is 0 Å². The van der Waals surface area contributed by atoms with E-state index in [0.29, 0.717) is 23.7 Å². The highest BCUT2D eigenvalue weighted by atomic mass is 16.6. The van der Waals surface area contributed by atoms with Crippen molar-refractivity contribution >= 4 is 0 Å². The fourth-order valence-corrected chi connectivity index (χ4v) is 10.5. The van der Waals surface area contributed by atoms with Crippen molar-refractivity contribution < 1.29 is 19.7 Å². The number of aliphatic hydroxyl groups is 2. The molecule has 0 bridgehead atoms. The molecule has 2 heterocycles. The predicted molar refractivity (Wildman–Crippen MR) is 129 cm³/mol. The standard InChI is InChI=1S/C29H46O4/c1-7-21-26(5)11-10-19(30)14-18(26)9-13-28(21)23-20(31)15-22-27(6,12-8-17(4)16(2)3)32-24-25(33-28)29(22,23)24/h16,18-25,30-31H,4,7-15H2,1-3,5-6H3. The topological polar surface area (TPSA) is 58.9 Å². The molecule has 0 aromatic heterocycles. The molecule has 2 aliphatic heterocycles. The van der Waals surface area contributed by atoms with Gasteiger partial charge < -0.3 is 19.7 Å². The molecule has 4 nitrogen and oxygen atoms in total. The van der Waals surface area contributed by atoms with E-state index in [1.807, 2.05) is 0 Å². The van der Waals surface area contributed by atoms with Crippen LogP contribution in [0.5, 0.6) is 0 Å². The van der Waals surface area contributed by atoms with E-state index in [2.05, 4.69) is 41.2 Å². The van der Waals surface area contributed by atoms with Crippen LogP contribution in [0.15, 0.2) is 12.2 Å². The average molecular weight is 459 g/mol. The molecule has 12 atom stereocenters. The van der Waals surface area contributed by atoms with Crippen LogP contribution in [0.1, 0.15) is 92.4 Å². The first kappa shape index (κ1) is 23.0. The van der Waals surface area contributed by atoms with Gasteiger partial charge in [0.1, 0.15) is 0 Å². The molecular weight excluding hydrogens is 412 g/mol. The molecule has 6 rings (SSSR count). The summed E-state index contributed by atoms with van der Waals surface area (Å²) in [5.41, 5.74) is 1.14. The molecule has 4 heteroatoms. The van der Waals surface area contributed by atoms with E-state index in [1.54, 1.807) is 0 Å². The van der Waals surface area contributed by atoms with Crippen LogP contribution in [-0.2, 0) is 9.47 Å². The van der Waals surface area contributed by atoms with Crippen LogP contribution in [-0.4, -0.2) is 45.8 Å². The molecule has 0 aromatic carbocycles. The third kappa shape index (κ3) is 2.68. The monoisotopic (exact) mass is 458 g/mol. The van der Waals surface area contributed by atoms with E-state index >= 15 is 0 Å². The van der Waals surface area contributed by atoms with E-state index in [0.717, 1.165) is 57.8 Å². The zero-order valence-electron chi connectivity index (χ0n) is 21.5. The minimum absolute atomic E-state index is 0.0259. The van der Waals surface area contributed by atoms with Crippen molar-refractivity contribution in [3.05, 3.63) is 12.2 Å². The Morgan fingerprint density at radius 3 is 2.48 bits per heavy atom. The Morgan fingerprint density at radius 1 is 1.06 bits per heavy atom. The minimum Gasteiger partial charge on any atom is -0.393 e. The molecule has 186 valence electrons. The maximum absolute atomic E-state index is 11.7. The number of hydrogen-bond donors (Lipinski definition) is 2. The van der Waals surface area contributed by atoms with E-state index in [4.69, 9.17) is 9.47 Å². The maximum atomic E-state index is 11.7. The molecule has 4 saturated carbocycles. The molecule has 33 heavy (non-hydrogen) atoms. The molecule has 0 aromatic rings. The lowest BCUT2D eigenvalue weighted by Gasteiger charge is -2.60. The van der Waals surface area contributed by atoms with Gasteiger partial charge in [0.25, 0.3) is 0 Å². The first-order valence-corrected chi connectivity index (χ1v) is 13.9. The lowest BCUT2D eigenvalue weighted by Crippen LogP contribution is -2.61. The van der Waals surface area contributed by atoms with Crippen molar-refractivity contribution in [3.63, 3.8) is 0 Å². The molecule has 6 fully saturated rings. The van der Waals surface area contributed by atoms with E-state index in [1.165, 1.54) is 5.57 Å². The Bertz CT molecular complexity index is 839. The van der Waals surface area contributed by atoms with Crippen LogP contribution < -0.4 is 0 Å². The van der Waals surface area contributed by atoms with Crippen molar-refractivity contribution in [1.82, 2.24) is 0 Å². The lowest BCUT2D eigenvalue weighted by molar-refractivity contribution is -0.221. The molecule has 6 aliphatic rings. The predicted octanol–water partition coefficient (Wildman–Crippen LogP) is 5.26. The molecule has 2 saturated heterocycles. The Hall–Kier alpha value is -0.420. The quantitative estimate of drug-likeness (QED) is 0.552. The van der Waals surface area contributed by atoms with Crippen LogP contribution in [0.3, 0.4) is 0 Å². The van der Waals surface area contributed by atoms with Gasteiger partial charge in [0, 0.05) is 17.3 Å². The van der Waals surface area contributed by atoms with Crippen molar-refractivity contribution in [1.29, 1.82) is 0 Å². The number of fused-ring (bicyclic) bond motifs is 3. The first-order valence-electron chi connectivity index (χ1n) is 13.9. The smallest absolute Gasteiger partial charge is 0.0941 e. The highest BCUT2D eigenvalue weighted by Crippen LogP contribution is 2.84. The molecular formula is C29H46O4. The van der Waals surface area contributed by atoms with Gasteiger partial charge >= 0.3 is 0 Å². The number of hydrogen-bond acceptors (Lipinski definition) is 4. The van der Waals surface area contributed by atoms with Crippen LogP contribution in [0.2, 0.25) is 0 Å². The summed E-state index contributed by atoms with van der Waals surface area (Å²) in [6.07, 6.45) is 8.98. The third-order valence-corrected chi connectivity index (χ3v) is 12.1. The molecule has 0 amide bonds. The van der Waals surface area contributed by atoms with Crippen LogP contribution in [0.25, 0.3) is 0 Å². The summed E-state index contributed by atoms with van der Waals surface area (Å²) in [6.45, 7) is 15.9. The summed E-state index contributed by atoms with van der Waals surface area (Å²) in [5, 5.41) is 22.1. The number of allylic oxidation sites excluding steroid dienone is 1. The van der Waals surface area contributed by atoms with Crippen LogP contribution in [0, 0.1) is 40.4 Å². The molecule has 0 radical (unpaired) electrons. The largest absolute Gasteiger partial charge is 0.393 e. The second kappa shape index (κ2) is 7.08. The number of rotatable bonds is 5. The lowest BCUT2D eigenvalue weighted by atomic mass is 9.47. The van der Waals surface area contributed by atoms with E-state index in [-0.39, 0.29) is 52.4 Å². The highest BCUT2D eigenvalue weighted by molar-refractivity contribution is 5.39. The van der Waals surface area contributed by atoms with Gasteiger partial charge in [-0.05, 0) is 81.5 Å². The fraction of sp³-hybridized carbons (Fsp3) is 0.931. The Kier molecular flexibility index (Phi) is 4.94. The number of aliphatic hydroxyl groups excluding tert-OH is 2. The summed E-state index contributed by atoms with van der Waals surface area (Å²) < 4.78 is 14.0. The van der Waals surface area contributed by atoms with Crippen LogP contribution >= 0.6 is 0 Å². The summed E-state index contributed by atoms with van der Waals surface area (Å²) >= 11 is 0. The maximum Gasteiger partial charge on any atom is 0.0941 e. The normalized spacial score (nSPS) is 58.4. The zero-order valence-corrected chi connectivity index (χ0v) is 21.5. The van der Waals surface area contributed by atoms with Crippen molar-refractivity contribution in [2.75, 3.05) is 0 Å². The summed E-state index contributed by atoms with van der Waals surface area (Å²) in [5.74, 6) is 2.12. The minimum atomic E-state index is -0.287. The van der Waals surface area contributed by atoms with Gasteiger partial charge in [-0.1, -0.05) is 46.3 Å². The molecule has 12 unspecified atom stereocenters. The first-order chi connectivity index (χ1) is 15.5. The van der Waals surface area contributed by atoms with Crippen molar-refractivity contribution in [2.45, 2.75) is 128 Å². The van der Waals surface area contributed by atoms with E-state index in [9.17, 15) is 10.2 Å². The zero-order chi connectivity index (χ0) is 23.6. The Balaban J connectivity index is 1.31. The Labute approximate surface area is 200 Å². The van der Waals surface area contributed by atoms with E-state index < -0.39 is 0 Å². The Morgan fingerprint density at radius 2 is 1.79 bits per heavy atom. The average Bonchev–Trinajstić information content (AvgIpc) is 3.03. The summed E-state index contributed by atoms with van der Waals surface area (Å²) in [6, 6.07) is 0. The number of ether oxygens (including phenoxy) is 2. The van der Waals surface area contributed by atoms with Gasteiger partial charge in [-0.3, -0.25) is 0 Å². The highest BCUT2D eigenvalue weighted by Gasteiger charge is 2.92. The van der Waals surface area contributed by atoms with Gasteiger partial charge in [-0.15, -0.1) is 0 Å². The second-order valence-corrected chi connectivity index (χ2v) is 13.6. The fourth-order valence-electron chi connectivity index (χ4n) is 10.5. The van der Waals surface area contributed by atoms with Gasteiger partial charge in [0.05, 0.1) is 35.6 Å². The van der Waals surface area contributed by atoms with Gasteiger partial charge in [0.2, 0.25) is 0 Å². The third-order valence-electron chi connectivity index (χ3n) is 12.1.